The number of carbonyl (C=O) groups excluding carboxylic acids is 1. The Kier molecular flexibility index (Phi) is 5.81. The number of carboxylic acid groups (broad SMARTS) is 1. The quantitative estimate of drug-likeness (QED) is 0.594. The summed E-state index contributed by atoms with van der Waals surface area (Å²) in [6, 6.07) is 7.38. The van der Waals surface area contributed by atoms with E-state index in [0.29, 0.717) is 13.0 Å². The van der Waals surface area contributed by atoms with E-state index in [-0.39, 0.29) is 6.54 Å². The van der Waals surface area contributed by atoms with Gasteiger partial charge in [0.15, 0.2) is 6.10 Å². The maximum atomic E-state index is 11.3. The van der Waals surface area contributed by atoms with Crippen LogP contribution in [-0.4, -0.2) is 41.4 Å². The first-order chi connectivity index (χ1) is 9.00. The number of hydrogen-bond donors (Lipinski definition) is 4. The molecule has 1 aromatic rings. The molecular weight excluding hydrogens is 248 g/mol. The molecule has 0 bridgehead atoms. The summed E-state index contributed by atoms with van der Waals surface area (Å²) in [5, 5.41) is 22.3. The third-order valence-electron chi connectivity index (χ3n) is 2.68. The highest BCUT2D eigenvalue weighted by molar-refractivity contribution is 5.76. The standard InChI is InChI=1S/C13H18N2O4/c1-9-4-2-3-5-10(9)6-7-14-13(19)15-8-11(16)12(17)18/h2-5,11,16H,6-8H2,1H3,(H,17,18)(H2,14,15,19). The molecule has 6 nitrogen and oxygen atoms in total. The monoisotopic (exact) mass is 266 g/mol. The summed E-state index contributed by atoms with van der Waals surface area (Å²) in [5.41, 5.74) is 2.30. The van der Waals surface area contributed by atoms with Gasteiger partial charge in [-0.3, -0.25) is 0 Å². The van der Waals surface area contributed by atoms with E-state index in [9.17, 15) is 9.59 Å². The average Bonchev–Trinajstić information content (AvgIpc) is 2.38. The summed E-state index contributed by atoms with van der Waals surface area (Å²) >= 11 is 0. The maximum absolute atomic E-state index is 11.3. The van der Waals surface area contributed by atoms with E-state index in [0.717, 1.165) is 11.1 Å². The van der Waals surface area contributed by atoms with Crippen molar-refractivity contribution in [3.63, 3.8) is 0 Å². The number of aryl methyl sites for hydroxylation is 1. The molecule has 0 heterocycles. The first kappa shape index (κ1) is 15.0. The molecule has 0 aliphatic carbocycles. The first-order valence-electron chi connectivity index (χ1n) is 5.97. The number of amides is 2. The second-order valence-corrected chi connectivity index (χ2v) is 4.17. The second kappa shape index (κ2) is 7.38. The topological polar surface area (TPSA) is 98.7 Å². The van der Waals surface area contributed by atoms with Gasteiger partial charge in [-0.05, 0) is 24.5 Å². The normalized spacial score (nSPS) is 11.7. The minimum Gasteiger partial charge on any atom is -0.479 e. The lowest BCUT2D eigenvalue weighted by Gasteiger charge is -2.10. The molecule has 0 radical (unpaired) electrons. The van der Waals surface area contributed by atoms with E-state index in [2.05, 4.69) is 10.6 Å². The molecule has 2 amide bonds. The molecule has 1 aromatic carbocycles. The summed E-state index contributed by atoms with van der Waals surface area (Å²) in [7, 11) is 0. The molecule has 0 aromatic heterocycles. The molecule has 0 aliphatic heterocycles. The largest absolute Gasteiger partial charge is 0.479 e. The van der Waals surface area contributed by atoms with Crippen LogP contribution < -0.4 is 10.6 Å². The lowest BCUT2D eigenvalue weighted by Crippen LogP contribution is -2.42. The number of hydrogen-bond acceptors (Lipinski definition) is 3. The van der Waals surface area contributed by atoms with E-state index < -0.39 is 18.1 Å². The molecule has 1 atom stereocenters. The summed E-state index contributed by atoms with van der Waals surface area (Å²) in [6.07, 6.45) is -0.885. The van der Waals surface area contributed by atoms with Crippen LogP contribution in [0.1, 0.15) is 11.1 Å². The van der Waals surface area contributed by atoms with Gasteiger partial charge >= 0.3 is 12.0 Å². The SMILES string of the molecule is Cc1ccccc1CCNC(=O)NCC(O)C(=O)O. The number of carboxylic acids is 1. The lowest BCUT2D eigenvalue weighted by atomic mass is 10.1. The van der Waals surface area contributed by atoms with Gasteiger partial charge in [0.1, 0.15) is 0 Å². The van der Waals surface area contributed by atoms with Gasteiger partial charge in [-0.2, -0.15) is 0 Å². The Hall–Kier alpha value is -2.08. The average molecular weight is 266 g/mol. The lowest BCUT2D eigenvalue weighted by molar-refractivity contribution is -0.146. The van der Waals surface area contributed by atoms with Crippen molar-refractivity contribution in [2.75, 3.05) is 13.1 Å². The molecule has 0 saturated heterocycles. The van der Waals surface area contributed by atoms with Crippen molar-refractivity contribution >= 4 is 12.0 Å². The molecule has 1 unspecified atom stereocenters. The number of benzene rings is 1. The zero-order chi connectivity index (χ0) is 14.3. The Balaban J connectivity index is 2.24. The van der Waals surface area contributed by atoms with E-state index in [1.807, 2.05) is 31.2 Å². The number of urea groups is 1. The van der Waals surface area contributed by atoms with Crippen molar-refractivity contribution in [1.29, 1.82) is 0 Å². The smallest absolute Gasteiger partial charge is 0.334 e. The van der Waals surface area contributed by atoms with Gasteiger partial charge in [-0.15, -0.1) is 0 Å². The molecule has 4 N–H and O–H groups in total. The van der Waals surface area contributed by atoms with Crippen LogP contribution >= 0.6 is 0 Å². The number of aliphatic carboxylic acids is 1. The second-order valence-electron chi connectivity index (χ2n) is 4.17. The van der Waals surface area contributed by atoms with Crippen LogP contribution in [0.15, 0.2) is 24.3 Å². The zero-order valence-electron chi connectivity index (χ0n) is 10.7. The predicted molar refractivity (Wildman–Crippen MR) is 69.9 cm³/mol. The predicted octanol–water partition coefficient (Wildman–Crippen LogP) is 0.282. The highest BCUT2D eigenvalue weighted by Gasteiger charge is 2.13. The maximum Gasteiger partial charge on any atom is 0.334 e. The summed E-state index contributed by atoms with van der Waals surface area (Å²) in [5.74, 6) is -1.36. The van der Waals surface area contributed by atoms with E-state index in [1.54, 1.807) is 0 Å². The Morgan fingerprint density at radius 2 is 1.95 bits per heavy atom. The van der Waals surface area contributed by atoms with Gasteiger partial charge in [0.25, 0.3) is 0 Å². The molecule has 0 spiro atoms. The number of aliphatic hydroxyl groups excluding tert-OH is 1. The highest BCUT2D eigenvalue weighted by Crippen LogP contribution is 2.06. The Morgan fingerprint density at radius 1 is 1.26 bits per heavy atom. The Morgan fingerprint density at radius 3 is 2.58 bits per heavy atom. The summed E-state index contributed by atoms with van der Waals surface area (Å²) in [6.45, 7) is 2.13. The Bertz CT molecular complexity index is 448. The summed E-state index contributed by atoms with van der Waals surface area (Å²) in [4.78, 5) is 21.6. The third kappa shape index (κ3) is 5.39. The highest BCUT2D eigenvalue weighted by atomic mass is 16.4. The van der Waals surface area contributed by atoms with Gasteiger partial charge in [0.2, 0.25) is 0 Å². The van der Waals surface area contributed by atoms with Crippen LogP contribution in [0.4, 0.5) is 4.79 Å². The fraction of sp³-hybridized carbons (Fsp3) is 0.385. The minimum atomic E-state index is -1.58. The van der Waals surface area contributed by atoms with Crippen LogP contribution in [0.5, 0.6) is 0 Å². The molecule has 1 rings (SSSR count). The molecule has 0 saturated carbocycles. The van der Waals surface area contributed by atoms with Crippen molar-refractivity contribution < 1.29 is 19.8 Å². The van der Waals surface area contributed by atoms with Crippen LogP contribution in [0.25, 0.3) is 0 Å². The van der Waals surface area contributed by atoms with Gasteiger partial charge < -0.3 is 20.8 Å². The van der Waals surface area contributed by atoms with Crippen LogP contribution in [0, 0.1) is 6.92 Å². The minimum absolute atomic E-state index is 0.314. The number of aliphatic hydroxyl groups is 1. The molecule has 0 aliphatic rings. The molecule has 104 valence electrons. The van der Waals surface area contributed by atoms with Crippen molar-refractivity contribution in [1.82, 2.24) is 10.6 Å². The van der Waals surface area contributed by atoms with Crippen molar-refractivity contribution in [2.24, 2.45) is 0 Å². The van der Waals surface area contributed by atoms with Crippen molar-refractivity contribution in [2.45, 2.75) is 19.4 Å². The number of nitrogens with one attached hydrogen (secondary N) is 2. The Labute approximate surface area is 111 Å². The van der Waals surface area contributed by atoms with E-state index in [1.165, 1.54) is 0 Å². The molecule has 6 heteroatoms. The molecule has 19 heavy (non-hydrogen) atoms. The van der Waals surface area contributed by atoms with Crippen molar-refractivity contribution in [3.05, 3.63) is 35.4 Å². The van der Waals surface area contributed by atoms with E-state index >= 15 is 0 Å². The van der Waals surface area contributed by atoms with Gasteiger partial charge in [0.05, 0.1) is 6.54 Å². The fourth-order valence-corrected chi connectivity index (χ4v) is 1.54. The number of carbonyl (C=O) groups is 2. The van der Waals surface area contributed by atoms with Gasteiger partial charge in [0, 0.05) is 6.54 Å². The van der Waals surface area contributed by atoms with E-state index in [4.69, 9.17) is 10.2 Å². The molecule has 0 fully saturated rings. The van der Waals surface area contributed by atoms with Gasteiger partial charge in [-0.1, -0.05) is 24.3 Å². The van der Waals surface area contributed by atoms with Gasteiger partial charge in [-0.25, -0.2) is 9.59 Å². The fourth-order valence-electron chi connectivity index (χ4n) is 1.54. The van der Waals surface area contributed by atoms with Crippen LogP contribution in [-0.2, 0) is 11.2 Å². The third-order valence-corrected chi connectivity index (χ3v) is 2.68. The molecular formula is C13H18N2O4. The number of rotatable bonds is 6. The first-order valence-corrected chi connectivity index (χ1v) is 5.97. The van der Waals surface area contributed by atoms with Crippen LogP contribution in [0.2, 0.25) is 0 Å². The summed E-state index contributed by atoms with van der Waals surface area (Å²) < 4.78 is 0. The van der Waals surface area contributed by atoms with Crippen molar-refractivity contribution in [3.8, 4) is 0 Å². The zero-order valence-corrected chi connectivity index (χ0v) is 10.7. The van der Waals surface area contributed by atoms with Crippen LogP contribution in [0.3, 0.4) is 0 Å².